The molecule has 0 spiro atoms. The Morgan fingerprint density at radius 1 is 1.24 bits per heavy atom. The zero-order valence-electron chi connectivity index (χ0n) is 13.4. The summed E-state index contributed by atoms with van der Waals surface area (Å²) in [6, 6.07) is 11.8. The minimum absolute atomic E-state index is 0.193. The summed E-state index contributed by atoms with van der Waals surface area (Å²) in [5.41, 5.74) is -0.176. The molecule has 3 rings (SSSR count). The van der Waals surface area contributed by atoms with Gasteiger partial charge >= 0.3 is 5.97 Å². The number of carbonyl (C=O) groups is 1. The van der Waals surface area contributed by atoms with Crippen molar-refractivity contribution in [1.29, 1.82) is 0 Å². The minimum atomic E-state index is -1.39. The molecule has 0 atom stereocenters. The van der Waals surface area contributed by atoms with Crippen LogP contribution in [0.4, 0.5) is 0 Å². The number of hydrogen-bond donors (Lipinski definition) is 1. The summed E-state index contributed by atoms with van der Waals surface area (Å²) < 4.78 is 7.05. The molecule has 0 radical (unpaired) electrons. The van der Waals surface area contributed by atoms with E-state index in [4.69, 9.17) is 16.3 Å². The van der Waals surface area contributed by atoms with Gasteiger partial charge in [-0.1, -0.05) is 24.6 Å². The third kappa shape index (κ3) is 3.21. The summed E-state index contributed by atoms with van der Waals surface area (Å²) in [6.45, 7) is 2.37. The lowest BCUT2D eigenvalue weighted by Crippen LogP contribution is -2.23. The minimum Gasteiger partial charge on any atom is -0.493 e. The third-order valence-corrected chi connectivity index (χ3v) is 3.86. The number of nitrogens with zero attached hydrogens (tertiary/aromatic N) is 2. The van der Waals surface area contributed by atoms with E-state index in [0.29, 0.717) is 28.6 Å². The van der Waals surface area contributed by atoms with Gasteiger partial charge in [-0.15, -0.1) is 0 Å². The van der Waals surface area contributed by atoms with Crippen LogP contribution in [0, 0.1) is 0 Å². The molecular weight excluding hydrogens is 344 g/mol. The highest BCUT2D eigenvalue weighted by atomic mass is 35.5. The fourth-order valence-corrected chi connectivity index (χ4v) is 2.62. The topological polar surface area (TPSA) is 81.4 Å². The van der Waals surface area contributed by atoms with Gasteiger partial charge in [0.05, 0.1) is 23.2 Å². The molecule has 6 nitrogen and oxygen atoms in total. The van der Waals surface area contributed by atoms with Crippen molar-refractivity contribution in [3.05, 3.63) is 63.4 Å². The van der Waals surface area contributed by atoms with E-state index in [9.17, 15) is 14.7 Å². The van der Waals surface area contributed by atoms with Crippen molar-refractivity contribution in [2.24, 2.45) is 0 Å². The van der Waals surface area contributed by atoms with Crippen LogP contribution in [0.3, 0.4) is 0 Å². The number of carboxylic acids is 1. The monoisotopic (exact) mass is 358 g/mol. The van der Waals surface area contributed by atoms with Gasteiger partial charge in [0.25, 0.3) is 0 Å². The first-order valence-corrected chi connectivity index (χ1v) is 8.08. The molecule has 0 unspecified atom stereocenters. The highest BCUT2D eigenvalue weighted by molar-refractivity contribution is 6.30. The van der Waals surface area contributed by atoms with Crippen LogP contribution in [-0.2, 0) is 0 Å². The van der Waals surface area contributed by atoms with Crippen LogP contribution >= 0.6 is 11.6 Å². The molecule has 1 heterocycles. The van der Waals surface area contributed by atoms with Gasteiger partial charge in [-0.2, -0.15) is 5.10 Å². The van der Waals surface area contributed by atoms with Crippen LogP contribution in [-0.4, -0.2) is 27.5 Å². The number of halogens is 1. The van der Waals surface area contributed by atoms with Crippen LogP contribution in [0.5, 0.6) is 5.75 Å². The molecule has 3 aromatic rings. The van der Waals surface area contributed by atoms with E-state index in [2.05, 4.69) is 5.10 Å². The first kappa shape index (κ1) is 17.0. The maximum absolute atomic E-state index is 12.6. The predicted molar refractivity (Wildman–Crippen MR) is 95.1 cm³/mol. The molecule has 0 amide bonds. The Bertz CT molecular complexity index is 996. The lowest BCUT2D eigenvalue weighted by molar-refractivity contribution is 0.0687. The van der Waals surface area contributed by atoms with E-state index in [1.807, 2.05) is 6.92 Å². The van der Waals surface area contributed by atoms with Gasteiger partial charge in [0.2, 0.25) is 11.1 Å². The molecule has 0 bridgehead atoms. The molecular formula is C18H15ClN2O4. The summed E-state index contributed by atoms with van der Waals surface area (Å²) in [7, 11) is 0. The molecule has 128 valence electrons. The summed E-state index contributed by atoms with van der Waals surface area (Å²) in [6.07, 6.45) is 0.763. The highest BCUT2D eigenvalue weighted by Gasteiger charge is 2.20. The number of hydrogen-bond acceptors (Lipinski definition) is 4. The molecule has 1 aromatic heterocycles. The van der Waals surface area contributed by atoms with Crippen LogP contribution in [0.25, 0.3) is 16.6 Å². The van der Waals surface area contributed by atoms with Gasteiger partial charge < -0.3 is 9.84 Å². The zero-order chi connectivity index (χ0) is 18.0. The highest BCUT2D eigenvalue weighted by Crippen LogP contribution is 2.25. The molecule has 0 fully saturated rings. The van der Waals surface area contributed by atoms with Gasteiger partial charge in [-0.25, -0.2) is 9.48 Å². The van der Waals surface area contributed by atoms with Gasteiger partial charge in [0, 0.05) is 5.02 Å². The Labute approximate surface area is 148 Å². The van der Waals surface area contributed by atoms with Gasteiger partial charge in [-0.05, 0) is 42.8 Å². The lowest BCUT2D eigenvalue weighted by Gasteiger charge is -2.14. The normalized spacial score (nSPS) is 10.8. The first-order valence-electron chi connectivity index (χ1n) is 7.71. The Morgan fingerprint density at radius 2 is 1.96 bits per heavy atom. The summed E-state index contributed by atoms with van der Waals surface area (Å²) in [5, 5.41) is 14.1. The molecule has 2 aromatic carbocycles. The SMILES string of the molecule is CCCOc1cccc2c1c(=O)c(C(=O)O)nn2-c1ccc(Cl)cc1. The first-order chi connectivity index (χ1) is 12.0. The van der Waals surface area contributed by atoms with Gasteiger partial charge in [0.1, 0.15) is 5.75 Å². The van der Waals surface area contributed by atoms with E-state index in [-0.39, 0.29) is 5.39 Å². The van der Waals surface area contributed by atoms with E-state index in [1.165, 1.54) is 4.68 Å². The fraction of sp³-hybridized carbons (Fsp3) is 0.167. The van der Waals surface area contributed by atoms with Crippen molar-refractivity contribution in [2.75, 3.05) is 6.61 Å². The second kappa shape index (κ2) is 6.94. The molecule has 0 saturated heterocycles. The standard InChI is InChI=1S/C18H15ClN2O4/c1-2-10-25-14-5-3-4-13-15(14)17(22)16(18(23)24)20-21(13)12-8-6-11(19)7-9-12/h3-9H,2,10H2,1H3,(H,23,24). The summed E-state index contributed by atoms with van der Waals surface area (Å²) in [4.78, 5) is 24.1. The number of ether oxygens (including phenoxy) is 1. The molecule has 1 N–H and O–H groups in total. The lowest BCUT2D eigenvalue weighted by atomic mass is 10.1. The van der Waals surface area contributed by atoms with Crippen molar-refractivity contribution in [3.63, 3.8) is 0 Å². The van der Waals surface area contributed by atoms with Crippen LogP contribution < -0.4 is 10.2 Å². The molecule has 0 aliphatic heterocycles. The van der Waals surface area contributed by atoms with Crippen molar-refractivity contribution in [3.8, 4) is 11.4 Å². The Balaban J connectivity index is 2.37. The number of carboxylic acid groups (broad SMARTS) is 1. The predicted octanol–water partition coefficient (Wildman–Crippen LogP) is 3.53. The average molecular weight is 359 g/mol. The van der Waals surface area contributed by atoms with Crippen LogP contribution in [0.2, 0.25) is 5.02 Å². The third-order valence-electron chi connectivity index (χ3n) is 3.61. The zero-order valence-corrected chi connectivity index (χ0v) is 14.2. The van der Waals surface area contributed by atoms with E-state index < -0.39 is 17.1 Å². The van der Waals surface area contributed by atoms with Crippen molar-refractivity contribution < 1.29 is 14.6 Å². The second-order valence-electron chi connectivity index (χ2n) is 5.37. The van der Waals surface area contributed by atoms with Crippen molar-refractivity contribution in [1.82, 2.24) is 9.78 Å². The fourth-order valence-electron chi connectivity index (χ4n) is 2.49. The van der Waals surface area contributed by atoms with E-state index in [1.54, 1.807) is 42.5 Å². The quantitative estimate of drug-likeness (QED) is 0.754. The molecule has 25 heavy (non-hydrogen) atoms. The molecule has 7 heteroatoms. The van der Waals surface area contributed by atoms with E-state index in [0.717, 1.165) is 6.42 Å². The van der Waals surface area contributed by atoms with Gasteiger partial charge in [-0.3, -0.25) is 4.79 Å². The molecule has 0 aliphatic rings. The smallest absolute Gasteiger partial charge is 0.360 e. The summed E-state index contributed by atoms with van der Waals surface area (Å²) in [5.74, 6) is -1.04. The van der Waals surface area contributed by atoms with Crippen molar-refractivity contribution >= 4 is 28.5 Å². The number of fused-ring (bicyclic) bond motifs is 1. The van der Waals surface area contributed by atoms with E-state index >= 15 is 0 Å². The van der Waals surface area contributed by atoms with Crippen LogP contribution in [0.1, 0.15) is 23.8 Å². The van der Waals surface area contributed by atoms with Crippen LogP contribution in [0.15, 0.2) is 47.3 Å². The number of benzene rings is 2. The summed E-state index contributed by atoms with van der Waals surface area (Å²) >= 11 is 5.91. The maximum Gasteiger partial charge on any atom is 0.360 e. The number of aromatic carboxylic acids is 1. The largest absolute Gasteiger partial charge is 0.493 e. The second-order valence-corrected chi connectivity index (χ2v) is 5.81. The number of aromatic nitrogens is 2. The molecule has 0 aliphatic carbocycles. The van der Waals surface area contributed by atoms with Gasteiger partial charge in [0.15, 0.2) is 0 Å². The maximum atomic E-state index is 12.6. The molecule has 0 saturated carbocycles. The average Bonchev–Trinajstić information content (AvgIpc) is 2.61. The Morgan fingerprint density at radius 3 is 2.60 bits per heavy atom. The van der Waals surface area contributed by atoms with Crippen molar-refractivity contribution in [2.45, 2.75) is 13.3 Å². The Kier molecular flexibility index (Phi) is 4.72. The Hall–Kier alpha value is -2.86. The number of rotatable bonds is 5.